The molecule has 15 rings (SSSR count). The number of carbonyl (C=O) groups is 7. The number of nitrogens with one attached hydrogen (secondary N) is 2. The van der Waals surface area contributed by atoms with Gasteiger partial charge >= 0.3 is 18.0 Å². The average Bonchev–Trinajstić information content (AvgIpc) is 1.55. The van der Waals surface area contributed by atoms with Gasteiger partial charge in [0, 0.05) is 79.4 Å². The summed E-state index contributed by atoms with van der Waals surface area (Å²) in [6, 6.07) is 21.5. The van der Waals surface area contributed by atoms with Crippen molar-refractivity contribution < 1.29 is 91.0 Å². The number of imide groups is 1. The number of pyridine rings is 1. The van der Waals surface area contributed by atoms with Crippen LogP contribution in [-0.2, 0) is 76.0 Å². The number of aryl methyl sites for hydroxylation is 1. The quantitative estimate of drug-likeness (QED) is 0.0187. The van der Waals surface area contributed by atoms with Crippen LogP contribution in [0.15, 0.2) is 91.1 Å². The Bertz CT molecular complexity index is 4220. The molecular weight excluding hydrogens is 1320 g/mol. The van der Waals surface area contributed by atoms with Gasteiger partial charge in [-0.05, 0) is 147 Å². The van der Waals surface area contributed by atoms with Gasteiger partial charge in [0.1, 0.15) is 43.0 Å². The molecule has 7 atom stereocenters. The second kappa shape index (κ2) is 28.5. The molecule has 3 aliphatic heterocycles. The molecule has 3 aromatic carbocycles. The second-order valence-electron chi connectivity index (χ2n) is 27.1. The van der Waals surface area contributed by atoms with E-state index < -0.39 is 108 Å². The minimum atomic E-state index is -4.61. The van der Waals surface area contributed by atoms with Crippen LogP contribution in [0, 0.1) is 29.6 Å². The van der Waals surface area contributed by atoms with Crippen LogP contribution in [0.5, 0.6) is 5.75 Å². The summed E-state index contributed by atoms with van der Waals surface area (Å²) in [6.45, 7) is 6.26. The third-order valence-electron chi connectivity index (χ3n) is 20.9. The maximum Gasteiger partial charge on any atom is 0.410 e. The molecule has 2 unspecified atom stereocenters. The lowest BCUT2D eigenvalue weighted by atomic mass is 9.43. The second-order valence-corrected chi connectivity index (χ2v) is 29.7. The summed E-state index contributed by atoms with van der Waals surface area (Å²) < 4.78 is 61.5. The number of aromatic carboxylic acids is 1. The van der Waals surface area contributed by atoms with Gasteiger partial charge < -0.3 is 59.6 Å². The molecule has 6 aromatic rings. The average molecular weight is 1400 g/mol. The Morgan fingerprint density at radius 1 is 0.869 bits per heavy atom. The van der Waals surface area contributed by atoms with E-state index in [4.69, 9.17) is 29.0 Å². The highest BCUT2D eigenvalue weighted by atomic mass is 32.2. The Morgan fingerprint density at radius 3 is 2.33 bits per heavy atom. The number of nitrogens with zero attached hydrogens (tertiary/aromatic N) is 7. The number of fused-ring (bicyclic) bond motifs is 2. The predicted octanol–water partition coefficient (Wildman–Crippen LogP) is 5.92. The zero-order valence-corrected chi connectivity index (χ0v) is 56.4. The molecule has 6 saturated carbocycles. The van der Waals surface area contributed by atoms with Crippen LogP contribution in [-0.4, -0.2) is 191 Å². The first-order valence-electron chi connectivity index (χ1n) is 33.0. The van der Waals surface area contributed by atoms with Crippen molar-refractivity contribution in [1.82, 2.24) is 34.9 Å². The van der Waals surface area contributed by atoms with Crippen molar-refractivity contribution in [3.05, 3.63) is 130 Å². The number of para-hydroxylation sites is 1. The summed E-state index contributed by atoms with van der Waals surface area (Å²) in [4.78, 5) is 103. The Labute approximate surface area is 573 Å². The lowest BCUT2D eigenvalue weighted by Crippen LogP contribution is -2.61. The number of carbonyl (C=O) groups excluding carboxylic acids is 5. The predicted molar refractivity (Wildman–Crippen MR) is 357 cm³/mol. The number of aromatic nitrogens is 4. The molecule has 28 nitrogen and oxygen atoms in total. The van der Waals surface area contributed by atoms with Gasteiger partial charge in [-0.1, -0.05) is 61.6 Å². The molecular formula is C69H79N9O19S2. The van der Waals surface area contributed by atoms with Crippen molar-refractivity contribution in [3.63, 3.8) is 0 Å². The van der Waals surface area contributed by atoms with Crippen molar-refractivity contribution in [1.29, 1.82) is 0 Å². The topological polar surface area (TPSA) is 389 Å². The van der Waals surface area contributed by atoms with Gasteiger partial charge in [-0.2, -0.15) is 13.5 Å². The van der Waals surface area contributed by atoms with Gasteiger partial charge in [-0.3, -0.25) is 38.6 Å². The Balaban J connectivity index is 0.728. The van der Waals surface area contributed by atoms with Crippen molar-refractivity contribution in [2.45, 2.75) is 141 Å². The van der Waals surface area contributed by atoms with Crippen molar-refractivity contribution in [3.8, 4) is 16.9 Å². The zero-order valence-electron chi connectivity index (χ0n) is 54.8. The normalized spacial score (nSPS) is 25.7. The third-order valence-corrected chi connectivity index (χ3v) is 22.6. The van der Waals surface area contributed by atoms with Crippen molar-refractivity contribution >= 4 is 84.3 Å². The van der Waals surface area contributed by atoms with Gasteiger partial charge in [0.2, 0.25) is 12.2 Å². The highest BCUT2D eigenvalue weighted by molar-refractivity contribution is 7.85. The number of aliphatic hydroxyl groups is 3. The number of carboxylic acids is 2. The van der Waals surface area contributed by atoms with Crippen molar-refractivity contribution in [2.75, 3.05) is 55.3 Å². The standard InChI is InChI=1S/C69H79N9O19S2/c1-39-31-67(38-78-41(3)47(33-71-78)45-15-16-52(73-56(45)62(86)87)76-25-19-43-9-6-10-46(48(43)34-76)61(85)74-65-72-49-11-4-5-12-51(49)98-65)32-40(2)69(39)22-20-68(37-67,21-23-69)95-28-26-75(27-29-99(91,92)93)66(90)94-36-44-14-13-42(8-7-24-70-53(79)35-77-54(80)17-18-55(77)81)30-50(44)96-64-59(84)57(82)58(83)60(97-64)63(88)89/h4-6,9-18,30,33,39-40,57-60,64,82-84H,7-8,19-29,31-32,34-38H2,1-3H3,(H,70,79)(H,86,87)(H,88,89)(H,72,74,85)(H,91,92,93)/t39?,40?,57-,58-,59+,60-,64+,67?,68?,69?/m0/s1. The van der Waals surface area contributed by atoms with Crippen LogP contribution in [0.3, 0.4) is 0 Å². The molecule has 6 heterocycles. The number of rotatable bonds is 25. The van der Waals surface area contributed by atoms with Gasteiger partial charge in [-0.15, -0.1) is 0 Å². The van der Waals surface area contributed by atoms with Gasteiger partial charge in [0.15, 0.2) is 16.9 Å². The van der Waals surface area contributed by atoms with Gasteiger partial charge in [0.05, 0.1) is 34.4 Å². The number of amides is 5. The van der Waals surface area contributed by atoms with Crippen LogP contribution < -0.4 is 20.3 Å². The number of hydrogen-bond acceptors (Lipinski definition) is 21. The number of ether oxygens (including phenoxy) is 4. The fraction of sp³-hybridized carbons (Fsp3) is 0.478. The molecule has 6 aliphatic carbocycles. The van der Waals surface area contributed by atoms with Gasteiger partial charge in [-0.25, -0.2) is 24.4 Å². The minimum absolute atomic E-state index is 0.0365. The van der Waals surface area contributed by atoms with Crippen LogP contribution in [0.2, 0.25) is 0 Å². The Hall–Kier alpha value is -8.75. The molecule has 3 aromatic heterocycles. The van der Waals surface area contributed by atoms with E-state index in [1.54, 1.807) is 24.4 Å². The van der Waals surface area contributed by atoms with E-state index in [2.05, 4.69) is 29.5 Å². The number of aliphatic hydroxyl groups excluding tert-OH is 3. The van der Waals surface area contributed by atoms with E-state index in [1.807, 2.05) is 59.0 Å². The number of aliphatic carboxylic acids is 1. The first-order valence-corrected chi connectivity index (χ1v) is 35.4. The molecule has 5 amide bonds. The number of thiazole rings is 1. The van der Waals surface area contributed by atoms with E-state index in [1.165, 1.54) is 23.5 Å². The van der Waals surface area contributed by atoms with Crippen LogP contribution in [0.1, 0.15) is 114 Å². The minimum Gasteiger partial charge on any atom is -0.479 e. The summed E-state index contributed by atoms with van der Waals surface area (Å²) in [6.07, 6.45) is -0.374. The van der Waals surface area contributed by atoms with Crippen LogP contribution in [0.4, 0.5) is 15.7 Å². The molecule has 1 saturated heterocycles. The maximum absolute atomic E-state index is 14.2. The molecule has 1 spiro atoms. The number of anilines is 2. The van der Waals surface area contributed by atoms with E-state index in [-0.39, 0.29) is 59.9 Å². The maximum atomic E-state index is 14.2. The Kier molecular flexibility index (Phi) is 20.2. The first-order chi connectivity index (χ1) is 47.2. The van der Waals surface area contributed by atoms with Crippen LogP contribution in [0.25, 0.3) is 21.3 Å². The summed E-state index contributed by atoms with van der Waals surface area (Å²) in [5, 5.41) is 63.5. The SMILES string of the molecule is Cc1c(-c2ccc(N3CCc4cccc(C(=O)Nc5nc6ccccc6s5)c4C3)nc2C(=O)O)cnn1CC12CC(C)C3(CCC(OCCN(CCS(=O)(=O)O)C(=O)OCc4ccc(CCCNC(=O)CN5C(=O)C=CC5=O)cc4O[C@@H]4O[C@H](C(=O)O)[C@@H](O)[C@H](O)[C@H]4O)(CC3)C1)C(C)C2. The highest BCUT2D eigenvalue weighted by Crippen LogP contribution is 2.66. The van der Waals surface area contributed by atoms with E-state index >= 15 is 0 Å². The van der Waals surface area contributed by atoms with Crippen LogP contribution >= 0.6 is 11.3 Å². The largest absolute Gasteiger partial charge is 0.479 e. The molecule has 9 aliphatic rings. The lowest BCUT2D eigenvalue weighted by molar-refractivity contribution is -0.271. The molecule has 30 heteroatoms. The van der Waals surface area contributed by atoms with Gasteiger partial charge in [0.25, 0.3) is 27.8 Å². The third kappa shape index (κ3) is 14.9. The van der Waals surface area contributed by atoms with E-state index in [0.717, 1.165) is 74.7 Å². The fourth-order valence-electron chi connectivity index (χ4n) is 15.8. The highest BCUT2D eigenvalue weighted by Gasteiger charge is 2.60. The smallest absolute Gasteiger partial charge is 0.410 e. The zero-order chi connectivity index (χ0) is 70.3. The number of benzene rings is 3. The lowest BCUT2D eigenvalue weighted by Gasteiger charge is -2.64. The number of hydrogen-bond donors (Lipinski definition) is 8. The molecule has 0 radical (unpaired) electrons. The molecule has 99 heavy (non-hydrogen) atoms. The monoisotopic (exact) mass is 1400 g/mol. The molecule has 7 fully saturated rings. The molecule has 8 N–H and O–H groups in total. The fourth-order valence-corrected chi connectivity index (χ4v) is 17.1. The molecule has 3 bridgehead atoms. The van der Waals surface area contributed by atoms with Crippen molar-refractivity contribution in [2.24, 2.45) is 22.7 Å². The summed E-state index contributed by atoms with van der Waals surface area (Å²) in [5.74, 6) is -4.80. The van der Waals surface area contributed by atoms with E-state index in [0.29, 0.717) is 96.8 Å². The molecule has 526 valence electrons. The Morgan fingerprint density at radius 2 is 1.62 bits per heavy atom. The summed E-state index contributed by atoms with van der Waals surface area (Å²) in [5.41, 5.74) is 4.42. The summed E-state index contributed by atoms with van der Waals surface area (Å²) in [7, 11) is -4.61. The summed E-state index contributed by atoms with van der Waals surface area (Å²) >= 11 is 1.39. The number of carboxylic acid groups (broad SMARTS) is 2. The van der Waals surface area contributed by atoms with E-state index in [9.17, 15) is 72.1 Å². The first kappa shape index (κ1) is 70.1.